The van der Waals surface area contributed by atoms with E-state index in [0.29, 0.717) is 12.0 Å². The summed E-state index contributed by atoms with van der Waals surface area (Å²) in [5, 5.41) is 1.43. The van der Waals surface area contributed by atoms with Crippen LogP contribution in [0.1, 0.15) is 82.0 Å². The minimum Gasteiger partial charge on any atom is -0.339 e. The van der Waals surface area contributed by atoms with Crippen LogP contribution in [0.3, 0.4) is 0 Å². The topological polar surface area (TPSA) is 8.17 Å². The van der Waals surface area contributed by atoms with E-state index < -0.39 is 0 Å². The van der Waals surface area contributed by atoms with Crippen LogP contribution in [0.15, 0.2) is 116 Å². The Labute approximate surface area is 230 Å². The van der Waals surface area contributed by atoms with E-state index in [0.717, 1.165) is 43.5 Å². The molecular formula is C36H44N2. The van der Waals surface area contributed by atoms with Crippen LogP contribution in [0.2, 0.25) is 0 Å². The molecule has 0 amide bonds. The third kappa shape index (κ3) is 5.80. The lowest BCUT2D eigenvalue weighted by molar-refractivity contribution is 0.335. The number of para-hydroxylation sites is 1. The molecule has 2 aliphatic rings. The zero-order chi connectivity index (χ0) is 27.1. The normalized spacial score (nSPS) is 19.6. The Hall–Kier alpha value is -3.52. The van der Waals surface area contributed by atoms with E-state index in [9.17, 15) is 0 Å². The molecule has 1 aromatic heterocycles. The molecule has 1 heterocycles. The second kappa shape index (κ2) is 12.8. The van der Waals surface area contributed by atoms with Crippen LogP contribution < -0.4 is 0 Å². The minimum absolute atomic E-state index is 0.279. The molecule has 0 fully saturated rings. The number of hydrogen-bond donors (Lipinski definition) is 0. The highest BCUT2D eigenvalue weighted by molar-refractivity contribution is 5.89. The lowest BCUT2D eigenvalue weighted by Gasteiger charge is -2.33. The molecule has 0 spiro atoms. The molecule has 3 unspecified atom stereocenters. The van der Waals surface area contributed by atoms with E-state index in [1.807, 2.05) is 0 Å². The van der Waals surface area contributed by atoms with Crippen LogP contribution in [0.25, 0.3) is 17.0 Å². The van der Waals surface area contributed by atoms with Crippen LogP contribution >= 0.6 is 0 Å². The van der Waals surface area contributed by atoms with Gasteiger partial charge in [-0.3, -0.25) is 0 Å². The molecule has 3 atom stereocenters. The highest BCUT2D eigenvalue weighted by atomic mass is 15.2. The molecule has 2 nitrogen and oxygen atoms in total. The van der Waals surface area contributed by atoms with E-state index in [2.05, 4.69) is 116 Å². The zero-order valence-electron chi connectivity index (χ0n) is 23.4. The lowest BCUT2D eigenvalue weighted by Crippen LogP contribution is -2.31. The molecule has 2 aliphatic carbocycles. The van der Waals surface area contributed by atoms with Crippen LogP contribution in [-0.4, -0.2) is 15.5 Å². The van der Waals surface area contributed by atoms with Crippen molar-refractivity contribution in [3.63, 3.8) is 0 Å². The number of hydrogen-bond acceptors (Lipinski definition) is 1. The highest BCUT2D eigenvalue weighted by Crippen LogP contribution is 2.41. The first-order valence-electron chi connectivity index (χ1n) is 14.2. The Morgan fingerprint density at radius 1 is 1.03 bits per heavy atom. The second-order valence-corrected chi connectivity index (χ2v) is 10.6. The average Bonchev–Trinajstić information content (AvgIpc) is 3.10. The Kier molecular flexibility index (Phi) is 9.29. The van der Waals surface area contributed by atoms with E-state index in [4.69, 9.17) is 0 Å². The molecule has 0 saturated heterocycles. The third-order valence-corrected chi connectivity index (χ3v) is 8.01. The van der Waals surface area contributed by atoms with Gasteiger partial charge >= 0.3 is 0 Å². The summed E-state index contributed by atoms with van der Waals surface area (Å²) in [5.74, 6) is 0.569. The van der Waals surface area contributed by atoms with Gasteiger partial charge in [-0.2, -0.15) is 0 Å². The summed E-state index contributed by atoms with van der Waals surface area (Å²) in [6, 6.07) is 9.74. The predicted octanol–water partition coefficient (Wildman–Crippen LogP) is 10.2. The molecule has 0 radical (unpaired) electrons. The number of aromatic nitrogens is 1. The molecule has 0 N–H and O–H groups in total. The molecule has 2 heteroatoms. The van der Waals surface area contributed by atoms with E-state index >= 15 is 0 Å². The number of nitrogens with zero attached hydrogens (tertiary/aromatic N) is 2. The van der Waals surface area contributed by atoms with Gasteiger partial charge in [0.25, 0.3) is 0 Å². The summed E-state index contributed by atoms with van der Waals surface area (Å²) in [7, 11) is 0. The maximum Gasteiger partial charge on any atom is 0.0490 e. The van der Waals surface area contributed by atoms with Crippen molar-refractivity contribution in [1.82, 2.24) is 9.47 Å². The average molecular weight is 505 g/mol. The van der Waals surface area contributed by atoms with E-state index in [1.54, 1.807) is 12.2 Å². The van der Waals surface area contributed by atoms with Crippen molar-refractivity contribution in [2.45, 2.75) is 76.8 Å². The fourth-order valence-corrected chi connectivity index (χ4v) is 6.09. The Morgan fingerprint density at radius 3 is 2.50 bits per heavy atom. The summed E-state index contributed by atoms with van der Waals surface area (Å²) in [6.45, 7) is 20.8. The monoisotopic (exact) mass is 504 g/mol. The molecule has 0 aliphatic heterocycles. The third-order valence-electron chi connectivity index (χ3n) is 8.01. The standard InChI is InChI=1S/C36H44N2/c1-7-16-31(38-34-23-13-12-22-33(34)36-27(4)17-14-24-35(36)38)20-11-10-18-30-19-15-21-32(26-25-30)37(28(5)8-2)29(6)9-3/h8-15,19,22-25,27,31-32H,2-3,5-7,16-18,20-21,26H2,1,4H3. The maximum absolute atomic E-state index is 4.17. The molecule has 38 heavy (non-hydrogen) atoms. The van der Waals surface area contributed by atoms with Gasteiger partial charge in [0.05, 0.1) is 0 Å². The smallest absolute Gasteiger partial charge is 0.0490 e. The van der Waals surface area contributed by atoms with Gasteiger partial charge in [-0.15, -0.1) is 0 Å². The predicted molar refractivity (Wildman–Crippen MR) is 167 cm³/mol. The second-order valence-electron chi connectivity index (χ2n) is 10.6. The number of benzene rings is 1. The molecular weight excluding hydrogens is 460 g/mol. The summed E-state index contributed by atoms with van der Waals surface area (Å²) in [4.78, 5) is 2.16. The van der Waals surface area contributed by atoms with Gasteiger partial charge in [0.2, 0.25) is 0 Å². The minimum atomic E-state index is 0.279. The van der Waals surface area contributed by atoms with Crippen molar-refractivity contribution in [2.24, 2.45) is 0 Å². The van der Waals surface area contributed by atoms with Gasteiger partial charge in [-0.25, -0.2) is 0 Å². The summed E-state index contributed by atoms with van der Waals surface area (Å²) in [6.07, 6.45) is 27.4. The maximum atomic E-state index is 4.17. The molecule has 2 aromatic rings. The fourth-order valence-electron chi connectivity index (χ4n) is 6.09. The summed E-state index contributed by atoms with van der Waals surface area (Å²) < 4.78 is 2.63. The van der Waals surface area contributed by atoms with Crippen molar-refractivity contribution >= 4 is 17.0 Å². The Bertz CT molecular complexity index is 1290. The zero-order valence-corrected chi connectivity index (χ0v) is 23.4. The van der Waals surface area contributed by atoms with Crippen molar-refractivity contribution in [3.8, 4) is 0 Å². The van der Waals surface area contributed by atoms with Gasteiger partial charge in [-0.1, -0.05) is 101 Å². The van der Waals surface area contributed by atoms with Crippen molar-refractivity contribution < 1.29 is 0 Å². The highest BCUT2D eigenvalue weighted by Gasteiger charge is 2.25. The van der Waals surface area contributed by atoms with Crippen LogP contribution in [0.5, 0.6) is 0 Å². The van der Waals surface area contributed by atoms with Crippen molar-refractivity contribution in [2.75, 3.05) is 0 Å². The van der Waals surface area contributed by atoms with E-state index in [1.165, 1.54) is 40.6 Å². The first-order chi connectivity index (χ1) is 18.5. The van der Waals surface area contributed by atoms with Crippen molar-refractivity contribution in [3.05, 3.63) is 127 Å². The lowest BCUT2D eigenvalue weighted by atomic mass is 9.90. The van der Waals surface area contributed by atoms with Gasteiger partial charge in [0.1, 0.15) is 0 Å². The van der Waals surface area contributed by atoms with Crippen LogP contribution in [-0.2, 0) is 0 Å². The van der Waals surface area contributed by atoms with Crippen LogP contribution in [0.4, 0.5) is 0 Å². The molecule has 4 rings (SSSR count). The first kappa shape index (κ1) is 27.5. The quantitative estimate of drug-likeness (QED) is 0.206. The van der Waals surface area contributed by atoms with Crippen LogP contribution in [0, 0.1) is 0 Å². The molecule has 1 aromatic carbocycles. The Morgan fingerprint density at radius 2 is 1.76 bits per heavy atom. The first-order valence-corrected chi connectivity index (χ1v) is 14.2. The Balaban J connectivity index is 1.49. The molecule has 0 bridgehead atoms. The van der Waals surface area contributed by atoms with Crippen molar-refractivity contribution in [1.29, 1.82) is 0 Å². The number of allylic oxidation sites excluding steroid dienone is 7. The fraction of sp³-hybridized carbons (Fsp3) is 0.333. The number of rotatable bonds is 12. The van der Waals surface area contributed by atoms with Gasteiger partial charge in [0.15, 0.2) is 0 Å². The van der Waals surface area contributed by atoms with E-state index in [-0.39, 0.29) is 6.04 Å². The summed E-state index contributed by atoms with van der Waals surface area (Å²) in [5.41, 5.74) is 7.44. The van der Waals surface area contributed by atoms with Gasteiger partial charge < -0.3 is 9.47 Å². The largest absolute Gasteiger partial charge is 0.339 e. The number of fused-ring (bicyclic) bond motifs is 3. The van der Waals surface area contributed by atoms with Gasteiger partial charge in [-0.05, 0) is 79.9 Å². The van der Waals surface area contributed by atoms with Gasteiger partial charge in [0, 0.05) is 40.1 Å². The molecule has 198 valence electrons. The summed E-state index contributed by atoms with van der Waals surface area (Å²) >= 11 is 0. The SMILES string of the molecule is C=CC(=C)N(C(=C)C=C)C1CC=CC(CC=CCC(CCC)n2c3c(c4ccccc42)C(C)CC=C3)=CC1. The molecule has 0 saturated carbocycles.